The summed E-state index contributed by atoms with van der Waals surface area (Å²) in [5.41, 5.74) is 3.42. The van der Waals surface area contributed by atoms with Gasteiger partial charge >= 0.3 is 0 Å². The van der Waals surface area contributed by atoms with Crippen LogP contribution in [-0.2, 0) is 6.61 Å². The summed E-state index contributed by atoms with van der Waals surface area (Å²) in [7, 11) is 6.18. The van der Waals surface area contributed by atoms with E-state index in [9.17, 15) is 4.79 Å². The van der Waals surface area contributed by atoms with Crippen molar-refractivity contribution in [3.8, 4) is 40.1 Å². The summed E-state index contributed by atoms with van der Waals surface area (Å²) in [5.74, 6) is 2.93. The van der Waals surface area contributed by atoms with Gasteiger partial charge in [-0.25, -0.2) is 4.40 Å². The molecular weight excluding hydrogens is 518 g/mol. The van der Waals surface area contributed by atoms with Crippen LogP contribution >= 0.6 is 11.3 Å². The molecule has 3 aromatic carbocycles. The molecule has 0 aliphatic carbocycles. The number of aromatic nitrogens is 3. The molecule has 0 amide bonds. The van der Waals surface area contributed by atoms with Gasteiger partial charge < -0.3 is 23.7 Å². The van der Waals surface area contributed by atoms with Crippen molar-refractivity contribution in [1.82, 2.24) is 14.6 Å². The first-order valence-corrected chi connectivity index (χ1v) is 12.8. The van der Waals surface area contributed by atoms with Crippen molar-refractivity contribution in [3.63, 3.8) is 0 Å². The van der Waals surface area contributed by atoms with Crippen LogP contribution in [0.25, 0.3) is 22.4 Å². The zero-order valence-electron chi connectivity index (χ0n) is 22.2. The average molecular weight is 546 g/mol. The van der Waals surface area contributed by atoms with Gasteiger partial charge in [0.1, 0.15) is 6.61 Å². The first-order valence-electron chi connectivity index (χ1n) is 12.0. The number of fused-ring (bicyclic) bond motifs is 1. The Morgan fingerprint density at radius 3 is 2.15 bits per heavy atom. The molecule has 5 rings (SSSR count). The van der Waals surface area contributed by atoms with Crippen LogP contribution in [0.1, 0.15) is 16.7 Å². The number of hydrogen-bond acceptors (Lipinski definition) is 9. The second-order valence-electron chi connectivity index (χ2n) is 8.66. The molecule has 0 radical (unpaired) electrons. The molecule has 0 spiro atoms. The van der Waals surface area contributed by atoms with Gasteiger partial charge in [0.15, 0.2) is 28.8 Å². The standard InChI is InChI=1S/C29H27N3O6S/c1-17-6-8-18(9-7-17)16-38-21-11-10-19(12-22(21)34-2)13-25-28(33)32-27(30-31-29(32)39-25)20-14-23(35-3)26(37-5)24(15-20)36-4/h6-15H,16H2,1-5H3/b25-13+. The van der Waals surface area contributed by atoms with Crippen molar-refractivity contribution in [2.45, 2.75) is 13.5 Å². The van der Waals surface area contributed by atoms with Crippen molar-refractivity contribution >= 4 is 22.4 Å². The lowest BCUT2D eigenvalue weighted by atomic mass is 10.1. The summed E-state index contributed by atoms with van der Waals surface area (Å²) in [6.07, 6.45) is 1.80. The third-order valence-electron chi connectivity index (χ3n) is 6.17. The van der Waals surface area contributed by atoms with E-state index in [2.05, 4.69) is 22.3 Å². The van der Waals surface area contributed by atoms with Crippen LogP contribution in [0.4, 0.5) is 0 Å². The van der Waals surface area contributed by atoms with Gasteiger partial charge in [-0.2, -0.15) is 0 Å². The molecule has 0 N–H and O–H groups in total. The fourth-order valence-corrected chi connectivity index (χ4v) is 5.06. The molecule has 5 aromatic rings. The zero-order valence-corrected chi connectivity index (χ0v) is 23.0. The number of ether oxygens (including phenoxy) is 5. The van der Waals surface area contributed by atoms with Crippen molar-refractivity contribution in [1.29, 1.82) is 0 Å². The minimum atomic E-state index is -0.234. The van der Waals surface area contributed by atoms with E-state index in [1.54, 1.807) is 25.3 Å². The van der Waals surface area contributed by atoms with E-state index in [-0.39, 0.29) is 5.56 Å². The van der Waals surface area contributed by atoms with Crippen LogP contribution in [0.5, 0.6) is 28.7 Å². The normalized spacial score (nSPS) is 11.6. The highest BCUT2D eigenvalue weighted by atomic mass is 32.1. The summed E-state index contributed by atoms with van der Waals surface area (Å²) < 4.78 is 29.9. The van der Waals surface area contributed by atoms with Gasteiger partial charge in [0, 0.05) is 5.56 Å². The fraction of sp³-hybridized carbons (Fsp3) is 0.207. The van der Waals surface area contributed by atoms with E-state index >= 15 is 0 Å². The van der Waals surface area contributed by atoms with E-state index in [1.807, 2.05) is 37.3 Å². The molecule has 0 bridgehead atoms. The Hall–Kier alpha value is -4.57. The largest absolute Gasteiger partial charge is 0.493 e. The van der Waals surface area contributed by atoms with E-state index < -0.39 is 0 Å². The molecule has 200 valence electrons. The SMILES string of the molecule is COc1cc(/C=c2/sc3nnc(-c4cc(OC)c(OC)c(OC)c4)n3c2=O)ccc1OCc1ccc(C)cc1. The molecule has 0 aliphatic heterocycles. The zero-order chi connectivity index (χ0) is 27.5. The first-order chi connectivity index (χ1) is 18.9. The topological polar surface area (TPSA) is 93.4 Å². The highest BCUT2D eigenvalue weighted by Crippen LogP contribution is 2.40. The van der Waals surface area contributed by atoms with Crippen molar-refractivity contribution in [2.24, 2.45) is 0 Å². The molecule has 0 aliphatic rings. The predicted octanol–water partition coefficient (Wildman–Crippen LogP) is 4.29. The molecule has 2 heterocycles. The molecule has 0 atom stereocenters. The maximum atomic E-state index is 13.4. The summed E-state index contributed by atoms with van der Waals surface area (Å²) >= 11 is 1.25. The monoisotopic (exact) mass is 545 g/mol. The van der Waals surface area contributed by atoms with Gasteiger partial charge in [0.05, 0.1) is 33.0 Å². The molecule has 10 heteroatoms. The summed E-state index contributed by atoms with van der Waals surface area (Å²) in [6, 6.07) is 17.2. The quantitative estimate of drug-likeness (QED) is 0.271. The molecule has 39 heavy (non-hydrogen) atoms. The van der Waals surface area contributed by atoms with Gasteiger partial charge in [-0.1, -0.05) is 47.2 Å². The van der Waals surface area contributed by atoms with Gasteiger partial charge in [-0.15, -0.1) is 10.2 Å². The minimum Gasteiger partial charge on any atom is -0.493 e. The lowest BCUT2D eigenvalue weighted by molar-refractivity contribution is 0.284. The maximum Gasteiger partial charge on any atom is 0.276 e. The molecule has 9 nitrogen and oxygen atoms in total. The minimum absolute atomic E-state index is 0.234. The number of thiazole rings is 1. The predicted molar refractivity (Wildman–Crippen MR) is 150 cm³/mol. The van der Waals surface area contributed by atoms with Crippen LogP contribution in [0, 0.1) is 6.92 Å². The number of benzene rings is 3. The van der Waals surface area contributed by atoms with Gasteiger partial charge in [-0.3, -0.25) is 4.79 Å². The van der Waals surface area contributed by atoms with Crippen molar-refractivity contribution in [3.05, 3.63) is 86.2 Å². The lowest BCUT2D eigenvalue weighted by Crippen LogP contribution is -2.23. The van der Waals surface area contributed by atoms with E-state index in [1.165, 1.54) is 42.6 Å². The second-order valence-corrected chi connectivity index (χ2v) is 9.67. The molecule has 0 fully saturated rings. The van der Waals surface area contributed by atoms with E-state index in [0.29, 0.717) is 56.2 Å². The molecule has 0 unspecified atom stereocenters. The number of nitrogens with zero attached hydrogens (tertiary/aromatic N) is 3. The Morgan fingerprint density at radius 2 is 1.51 bits per heavy atom. The Kier molecular flexibility index (Phi) is 7.38. The number of methoxy groups -OCH3 is 4. The van der Waals surface area contributed by atoms with Gasteiger partial charge in [0.2, 0.25) is 10.7 Å². The van der Waals surface area contributed by atoms with Crippen molar-refractivity contribution < 1.29 is 23.7 Å². The summed E-state index contributed by atoms with van der Waals surface area (Å²) in [5, 5.41) is 8.48. The Labute approximate surface area is 228 Å². The van der Waals surface area contributed by atoms with E-state index in [4.69, 9.17) is 23.7 Å². The van der Waals surface area contributed by atoms with E-state index in [0.717, 1.165) is 11.1 Å². The van der Waals surface area contributed by atoms with Crippen molar-refractivity contribution in [2.75, 3.05) is 28.4 Å². The van der Waals surface area contributed by atoms with Crippen LogP contribution in [0.2, 0.25) is 0 Å². The third-order valence-corrected chi connectivity index (χ3v) is 7.13. The average Bonchev–Trinajstić information content (AvgIpc) is 3.51. The third kappa shape index (κ3) is 5.10. The van der Waals surface area contributed by atoms with Crippen LogP contribution in [0.15, 0.2) is 59.4 Å². The number of aryl methyl sites for hydroxylation is 1. The first kappa shape index (κ1) is 26.1. The molecule has 0 saturated carbocycles. The number of hydrogen-bond donors (Lipinski definition) is 0. The Bertz CT molecular complexity index is 1720. The number of rotatable bonds is 9. The van der Waals surface area contributed by atoms with Gasteiger partial charge in [-0.05, 0) is 48.4 Å². The van der Waals surface area contributed by atoms with Crippen LogP contribution in [-0.4, -0.2) is 43.0 Å². The van der Waals surface area contributed by atoms with Crippen LogP contribution < -0.4 is 33.8 Å². The second kappa shape index (κ2) is 11.0. The molecule has 0 saturated heterocycles. The Morgan fingerprint density at radius 1 is 0.821 bits per heavy atom. The maximum absolute atomic E-state index is 13.4. The fourth-order valence-electron chi connectivity index (χ4n) is 4.15. The highest BCUT2D eigenvalue weighted by Gasteiger charge is 2.19. The molecule has 2 aromatic heterocycles. The van der Waals surface area contributed by atoms with Gasteiger partial charge in [0.25, 0.3) is 5.56 Å². The molecular formula is C29H27N3O6S. The van der Waals surface area contributed by atoms with Crippen LogP contribution in [0.3, 0.4) is 0 Å². The Balaban J connectivity index is 1.49. The summed E-state index contributed by atoms with van der Waals surface area (Å²) in [6.45, 7) is 2.47. The highest BCUT2D eigenvalue weighted by molar-refractivity contribution is 7.15. The summed E-state index contributed by atoms with van der Waals surface area (Å²) in [4.78, 5) is 13.9. The lowest BCUT2D eigenvalue weighted by Gasteiger charge is -2.13. The smallest absolute Gasteiger partial charge is 0.276 e.